The smallest absolute Gasteiger partial charge is 0.252 e. The molecular weight excluding hydrogens is 360 g/mol. The first kappa shape index (κ1) is 19.7. The molecule has 0 spiro atoms. The predicted octanol–water partition coefficient (Wildman–Crippen LogP) is 0.867. The fourth-order valence-corrected chi connectivity index (χ4v) is 2.99. The number of carbonyl (C=O) groups is 3. The molecule has 1 heterocycles. The van der Waals surface area contributed by atoms with Crippen molar-refractivity contribution in [3.8, 4) is 0 Å². The van der Waals surface area contributed by atoms with Gasteiger partial charge >= 0.3 is 0 Å². The monoisotopic (exact) mass is 382 g/mol. The zero-order chi connectivity index (χ0) is 19.9. The Kier molecular flexibility index (Phi) is 6.52. The number of amides is 2. The predicted molar refractivity (Wildman–Crippen MR) is 102 cm³/mol. The minimum Gasteiger partial charge on any atom is -0.394 e. The van der Waals surface area contributed by atoms with Crippen LogP contribution in [0.1, 0.15) is 26.3 Å². The molecule has 0 radical (unpaired) electrons. The molecule has 2 N–H and O–H groups in total. The molecule has 3 rings (SSSR count). The highest BCUT2D eigenvalue weighted by molar-refractivity contribution is 6.10. The van der Waals surface area contributed by atoms with Crippen LogP contribution in [0.5, 0.6) is 0 Å². The number of nitrogens with one attached hydrogen (secondary N) is 1. The standard InChI is InChI=1S/C21H22N2O5/c24-14-18(21(27)23-9-11-28-12-10-23)22-20(26)17-8-4-7-16(13-17)19(25)15-5-2-1-3-6-15/h1-8,13,18,24H,9-12,14H2,(H,22,26)/t18-/m0/s1. The number of aliphatic hydroxyl groups is 1. The molecule has 7 heteroatoms. The van der Waals surface area contributed by atoms with Gasteiger partial charge in [0.25, 0.3) is 5.91 Å². The van der Waals surface area contributed by atoms with Crippen molar-refractivity contribution in [1.29, 1.82) is 0 Å². The van der Waals surface area contributed by atoms with Crippen LogP contribution in [0.2, 0.25) is 0 Å². The van der Waals surface area contributed by atoms with Gasteiger partial charge in [-0.3, -0.25) is 14.4 Å². The third-order valence-corrected chi connectivity index (χ3v) is 4.53. The fraction of sp³-hybridized carbons (Fsp3) is 0.286. The van der Waals surface area contributed by atoms with Crippen LogP contribution in [0.25, 0.3) is 0 Å². The second-order valence-corrected chi connectivity index (χ2v) is 6.42. The van der Waals surface area contributed by atoms with Crippen molar-refractivity contribution in [2.75, 3.05) is 32.9 Å². The summed E-state index contributed by atoms with van der Waals surface area (Å²) in [6.45, 7) is 1.20. The van der Waals surface area contributed by atoms with Gasteiger partial charge in [0, 0.05) is 29.8 Å². The Balaban J connectivity index is 1.71. The third kappa shape index (κ3) is 4.62. The van der Waals surface area contributed by atoms with Crippen LogP contribution in [0.15, 0.2) is 54.6 Å². The van der Waals surface area contributed by atoms with E-state index in [-0.39, 0.29) is 17.3 Å². The Bertz CT molecular complexity index is 847. The van der Waals surface area contributed by atoms with Gasteiger partial charge in [0.1, 0.15) is 6.04 Å². The molecule has 1 aliphatic heterocycles. The van der Waals surface area contributed by atoms with Gasteiger partial charge in [-0.2, -0.15) is 0 Å². The van der Waals surface area contributed by atoms with Crippen molar-refractivity contribution in [3.63, 3.8) is 0 Å². The fourth-order valence-electron chi connectivity index (χ4n) is 2.99. The lowest BCUT2D eigenvalue weighted by Crippen LogP contribution is -2.53. The Labute approximate surface area is 162 Å². The van der Waals surface area contributed by atoms with Gasteiger partial charge in [0.05, 0.1) is 19.8 Å². The van der Waals surface area contributed by atoms with Gasteiger partial charge < -0.3 is 20.1 Å². The average Bonchev–Trinajstić information content (AvgIpc) is 2.77. The Morgan fingerprint density at radius 3 is 2.29 bits per heavy atom. The quantitative estimate of drug-likeness (QED) is 0.723. The van der Waals surface area contributed by atoms with Crippen LogP contribution < -0.4 is 5.32 Å². The molecule has 0 aliphatic carbocycles. The van der Waals surface area contributed by atoms with E-state index in [2.05, 4.69) is 5.32 Å². The summed E-state index contributed by atoms with van der Waals surface area (Å²) >= 11 is 0. The molecule has 7 nitrogen and oxygen atoms in total. The van der Waals surface area contributed by atoms with Crippen LogP contribution in [-0.2, 0) is 9.53 Å². The maximum Gasteiger partial charge on any atom is 0.252 e. The molecule has 1 saturated heterocycles. The molecule has 0 unspecified atom stereocenters. The number of carbonyl (C=O) groups excluding carboxylic acids is 3. The second kappa shape index (κ2) is 9.25. The highest BCUT2D eigenvalue weighted by Gasteiger charge is 2.27. The van der Waals surface area contributed by atoms with E-state index >= 15 is 0 Å². The van der Waals surface area contributed by atoms with Gasteiger partial charge in [0.2, 0.25) is 5.91 Å². The molecule has 2 aromatic rings. The van der Waals surface area contributed by atoms with Crippen LogP contribution in [0, 0.1) is 0 Å². The number of morpholine rings is 1. The minimum absolute atomic E-state index is 0.196. The Morgan fingerprint density at radius 1 is 0.964 bits per heavy atom. The molecule has 28 heavy (non-hydrogen) atoms. The first-order valence-corrected chi connectivity index (χ1v) is 9.08. The number of ketones is 1. The summed E-state index contributed by atoms with van der Waals surface area (Å²) in [6.07, 6.45) is 0. The molecule has 1 aliphatic rings. The van der Waals surface area contributed by atoms with Crippen molar-refractivity contribution < 1.29 is 24.2 Å². The van der Waals surface area contributed by atoms with Crippen molar-refractivity contribution in [2.45, 2.75) is 6.04 Å². The van der Waals surface area contributed by atoms with Crippen molar-refractivity contribution in [1.82, 2.24) is 10.2 Å². The van der Waals surface area contributed by atoms with E-state index in [1.54, 1.807) is 47.4 Å². The van der Waals surface area contributed by atoms with Gasteiger partial charge in [-0.15, -0.1) is 0 Å². The van der Waals surface area contributed by atoms with E-state index in [0.29, 0.717) is 37.4 Å². The molecule has 0 bridgehead atoms. The van der Waals surface area contributed by atoms with Crippen molar-refractivity contribution >= 4 is 17.6 Å². The minimum atomic E-state index is -1.04. The van der Waals surface area contributed by atoms with E-state index in [1.807, 2.05) is 6.07 Å². The van der Waals surface area contributed by atoms with E-state index < -0.39 is 18.6 Å². The highest BCUT2D eigenvalue weighted by Crippen LogP contribution is 2.12. The molecule has 146 valence electrons. The van der Waals surface area contributed by atoms with E-state index in [9.17, 15) is 19.5 Å². The third-order valence-electron chi connectivity index (χ3n) is 4.53. The molecule has 0 saturated carbocycles. The largest absolute Gasteiger partial charge is 0.394 e. The SMILES string of the molecule is O=C(N[C@@H](CO)C(=O)N1CCOCC1)c1cccc(C(=O)c2ccccc2)c1. The summed E-state index contributed by atoms with van der Waals surface area (Å²) in [4.78, 5) is 39.2. The maximum atomic E-state index is 12.6. The Hall–Kier alpha value is -3.03. The number of aliphatic hydroxyl groups excluding tert-OH is 1. The zero-order valence-corrected chi connectivity index (χ0v) is 15.3. The number of hydrogen-bond acceptors (Lipinski definition) is 5. The second-order valence-electron chi connectivity index (χ2n) is 6.42. The molecule has 1 fully saturated rings. The highest BCUT2D eigenvalue weighted by atomic mass is 16.5. The van der Waals surface area contributed by atoms with Crippen molar-refractivity contribution in [2.24, 2.45) is 0 Å². The number of benzene rings is 2. The number of rotatable bonds is 6. The van der Waals surface area contributed by atoms with Gasteiger partial charge in [0.15, 0.2) is 5.78 Å². The van der Waals surface area contributed by atoms with Crippen LogP contribution in [0.3, 0.4) is 0 Å². The number of ether oxygens (including phenoxy) is 1. The normalized spacial score (nSPS) is 15.0. The number of nitrogens with zero attached hydrogens (tertiary/aromatic N) is 1. The summed E-state index contributed by atoms with van der Waals surface area (Å²) < 4.78 is 5.21. The molecule has 0 aromatic heterocycles. The molecular formula is C21H22N2O5. The lowest BCUT2D eigenvalue weighted by atomic mass is 10.0. The van der Waals surface area contributed by atoms with Crippen LogP contribution >= 0.6 is 0 Å². The topological polar surface area (TPSA) is 95.9 Å². The van der Waals surface area contributed by atoms with Crippen LogP contribution in [0.4, 0.5) is 0 Å². The number of hydrogen-bond donors (Lipinski definition) is 2. The molecule has 2 aromatic carbocycles. The summed E-state index contributed by atoms with van der Waals surface area (Å²) in [5.74, 6) is -1.07. The summed E-state index contributed by atoms with van der Waals surface area (Å²) in [5.41, 5.74) is 1.14. The van der Waals surface area contributed by atoms with Gasteiger partial charge in [-0.05, 0) is 12.1 Å². The van der Waals surface area contributed by atoms with Crippen LogP contribution in [-0.4, -0.2) is 66.6 Å². The first-order valence-electron chi connectivity index (χ1n) is 9.08. The summed E-state index contributed by atoms with van der Waals surface area (Å²) in [7, 11) is 0. The summed E-state index contributed by atoms with van der Waals surface area (Å²) in [5, 5.41) is 12.1. The molecule has 1 atom stereocenters. The van der Waals surface area contributed by atoms with E-state index in [4.69, 9.17) is 4.74 Å². The first-order chi connectivity index (χ1) is 13.6. The van der Waals surface area contributed by atoms with Gasteiger partial charge in [-0.1, -0.05) is 42.5 Å². The molecule has 2 amide bonds. The summed E-state index contributed by atoms with van der Waals surface area (Å²) in [6, 6.07) is 14.0. The van der Waals surface area contributed by atoms with E-state index in [1.165, 1.54) is 6.07 Å². The lowest BCUT2D eigenvalue weighted by molar-refractivity contribution is -0.138. The lowest BCUT2D eigenvalue weighted by Gasteiger charge is -2.30. The zero-order valence-electron chi connectivity index (χ0n) is 15.3. The average molecular weight is 382 g/mol. The van der Waals surface area contributed by atoms with Gasteiger partial charge in [-0.25, -0.2) is 0 Å². The maximum absolute atomic E-state index is 12.6. The van der Waals surface area contributed by atoms with Crippen molar-refractivity contribution in [3.05, 3.63) is 71.3 Å². The Morgan fingerprint density at radius 2 is 1.61 bits per heavy atom. The van der Waals surface area contributed by atoms with E-state index in [0.717, 1.165) is 0 Å².